The van der Waals surface area contributed by atoms with Crippen molar-refractivity contribution in [1.29, 1.82) is 0 Å². The number of furan rings is 1. The van der Waals surface area contributed by atoms with E-state index in [1.165, 1.54) is 19.2 Å². The number of nitrogens with one attached hydrogen (secondary N) is 1. The largest absolute Gasteiger partial charge is 0.480 e. The second-order valence-corrected chi connectivity index (χ2v) is 6.83. The molecule has 1 aliphatic rings. The Kier molecular flexibility index (Phi) is 5.64. The smallest absolute Gasteiger partial charge is 0.373 e. The summed E-state index contributed by atoms with van der Waals surface area (Å²) in [6, 6.07) is 13.6. The van der Waals surface area contributed by atoms with Crippen molar-refractivity contribution in [2.24, 2.45) is 0 Å². The summed E-state index contributed by atoms with van der Waals surface area (Å²) in [4.78, 5) is 38.0. The van der Waals surface area contributed by atoms with Crippen LogP contribution in [0.1, 0.15) is 21.9 Å². The Balaban J connectivity index is 1.66. The third-order valence-corrected chi connectivity index (χ3v) is 4.85. The molecule has 32 heavy (non-hydrogen) atoms. The second-order valence-electron chi connectivity index (χ2n) is 6.83. The molecule has 0 unspecified atom stereocenters. The number of benzene rings is 2. The van der Waals surface area contributed by atoms with E-state index in [4.69, 9.17) is 15.6 Å². The van der Waals surface area contributed by atoms with Gasteiger partial charge in [0.25, 0.3) is 5.91 Å². The zero-order valence-corrected chi connectivity index (χ0v) is 17.1. The highest BCUT2D eigenvalue weighted by Gasteiger charge is 2.34. The van der Waals surface area contributed by atoms with Crippen molar-refractivity contribution in [2.45, 2.75) is 6.54 Å². The highest BCUT2D eigenvalue weighted by Crippen LogP contribution is 2.31. The zero-order chi connectivity index (χ0) is 22.7. The molecule has 0 radical (unpaired) electrons. The number of nitrogens with zero attached hydrogens (tertiary/aromatic N) is 1. The number of methoxy groups -OCH3 is 1. The minimum Gasteiger partial charge on any atom is -0.480 e. The van der Waals surface area contributed by atoms with Crippen molar-refractivity contribution >= 4 is 34.8 Å². The molecule has 2 heterocycles. The van der Waals surface area contributed by atoms with Crippen LogP contribution in [-0.4, -0.2) is 36.5 Å². The number of amides is 3. The lowest BCUT2D eigenvalue weighted by atomic mass is 10.0. The Morgan fingerprint density at radius 2 is 2.00 bits per heavy atom. The first-order chi connectivity index (χ1) is 15.5. The van der Waals surface area contributed by atoms with Crippen LogP contribution >= 0.6 is 0 Å². The maximum absolute atomic E-state index is 13.0. The van der Waals surface area contributed by atoms with Gasteiger partial charge in [-0.15, -0.1) is 6.42 Å². The maximum atomic E-state index is 13.0. The minimum atomic E-state index is -0.649. The number of esters is 1. The fourth-order valence-corrected chi connectivity index (χ4v) is 3.36. The first-order valence-corrected chi connectivity index (χ1v) is 9.61. The van der Waals surface area contributed by atoms with Gasteiger partial charge in [-0.2, -0.15) is 0 Å². The van der Waals surface area contributed by atoms with E-state index in [-0.39, 0.29) is 30.4 Å². The van der Waals surface area contributed by atoms with Gasteiger partial charge in [0, 0.05) is 5.56 Å². The molecule has 0 spiro atoms. The Morgan fingerprint density at radius 3 is 2.78 bits per heavy atom. The van der Waals surface area contributed by atoms with Crippen LogP contribution in [0.15, 0.2) is 58.6 Å². The van der Waals surface area contributed by atoms with Crippen molar-refractivity contribution < 1.29 is 28.3 Å². The first-order valence-electron chi connectivity index (χ1n) is 9.61. The van der Waals surface area contributed by atoms with Crippen molar-refractivity contribution in [2.75, 3.05) is 13.7 Å². The van der Waals surface area contributed by atoms with Gasteiger partial charge in [0.1, 0.15) is 23.8 Å². The van der Waals surface area contributed by atoms with E-state index in [1.54, 1.807) is 12.1 Å². The Labute approximate surface area is 183 Å². The molecule has 8 heteroatoms. The number of ether oxygens (including phenoxy) is 2. The number of terminal acetylenes is 1. The molecule has 2 aromatic carbocycles. The molecule has 0 bridgehead atoms. The zero-order valence-electron chi connectivity index (χ0n) is 17.1. The van der Waals surface area contributed by atoms with Crippen molar-refractivity contribution in [3.05, 3.63) is 71.3 Å². The van der Waals surface area contributed by atoms with Crippen LogP contribution in [0.2, 0.25) is 0 Å². The molecule has 4 rings (SSSR count). The standard InChI is InChI=1S/C24H18N2O6/c1-3-12-31-20-10-8-15-6-4-5-7-17(15)18(20)13-19-22(27)26(24(29)25-19)14-16-9-11-21(32-16)23(28)30-2/h1,4-11,13H,12,14H2,2H3,(H,25,29). The third-order valence-electron chi connectivity index (χ3n) is 4.85. The van der Waals surface area contributed by atoms with E-state index < -0.39 is 17.9 Å². The molecule has 0 saturated carbocycles. The summed E-state index contributed by atoms with van der Waals surface area (Å²) in [5, 5.41) is 4.35. The lowest BCUT2D eigenvalue weighted by Gasteiger charge is -2.11. The molecular weight excluding hydrogens is 412 g/mol. The van der Waals surface area contributed by atoms with Crippen LogP contribution in [0.25, 0.3) is 16.8 Å². The van der Waals surface area contributed by atoms with Gasteiger partial charge < -0.3 is 19.2 Å². The highest BCUT2D eigenvalue weighted by molar-refractivity contribution is 6.14. The molecule has 1 N–H and O–H groups in total. The molecule has 1 fully saturated rings. The Bertz CT molecular complexity index is 1300. The van der Waals surface area contributed by atoms with Gasteiger partial charge in [-0.25, -0.2) is 9.59 Å². The fraction of sp³-hybridized carbons (Fsp3) is 0.125. The molecule has 1 aromatic heterocycles. The Hall–Kier alpha value is -4.51. The quantitative estimate of drug-likeness (QED) is 0.279. The molecule has 0 aliphatic carbocycles. The van der Waals surface area contributed by atoms with Gasteiger partial charge in [0.2, 0.25) is 5.76 Å². The predicted octanol–water partition coefficient (Wildman–Crippen LogP) is 3.32. The number of carbonyl (C=O) groups is 3. The topological polar surface area (TPSA) is 98.1 Å². The van der Waals surface area contributed by atoms with Gasteiger partial charge in [-0.1, -0.05) is 36.3 Å². The average Bonchev–Trinajstić information content (AvgIpc) is 3.38. The van der Waals surface area contributed by atoms with E-state index in [0.717, 1.165) is 15.7 Å². The van der Waals surface area contributed by atoms with Crippen LogP contribution in [0, 0.1) is 12.3 Å². The van der Waals surface area contributed by atoms with Crippen molar-refractivity contribution in [3.8, 4) is 18.1 Å². The number of carbonyl (C=O) groups excluding carboxylic acids is 3. The lowest BCUT2D eigenvalue weighted by Crippen LogP contribution is -2.30. The number of hydrogen-bond acceptors (Lipinski definition) is 6. The lowest BCUT2D eigenvalue weighted by molar-refractivity contribution is -0.123. The summed E-state index contributed by atoms with van der Waals surface area (Å²) < 4.78 is 15.6. The minimum absolute atomic E-state index is 0.0172. The van der Waals surface area contributed by atoms with Gasteiger partial charge in [0.05, 0.1) is 13.7 Å². The summed E-state index contributed by atoms with van der Waals surface area (Å²) in [6.07, 6.45) is 6.88. The maximum Gasteiger partial charge on any atom is 0.373 e. The highest BCUT2D eigenvalue weighted by atomic mass is 16.5. The number of hydrogen-bond donors (Lipinski definition) is 1. The summed E-state index contributed by atoms with van der Waals surface area (Å²) in [6.45, 7) is -0.0864. The van der Waals surface area contributed by atoms with Crippen molar-refractivity contribution in [1.82, 2.24) is 10.2 Å². The SMILES string of the molecule is C#CCOc1ccc2ccccc2c1C=C1NC(=O)N(Cc2ccc(C(=O)OC)o2)C1=O. The average molecular weight is 430 g/mol. The molecule has 3 aromatic rings. The Morgan fingerprint density at radius 1 is 1.19 bits per heavy atom. The van der Waals surface area contributed by atoms with E-state index in [0.29, 0.717) is 11.3 Å². The van der Waals surface area contributed by atoms with Gasteiger partial charge in [0.15, 0.2) is 0 Å². The van der Waals surface area contributed by atoms with Crippen LogP contribution in [0.5, 0.6) is 5.75 Å². The van der Waals surface area contributed by atoms with Gasteiger partial charge in [-0.3, -0.25) is 9.69 Å². The molecule has 3 amide bonds. The molecule has 1 aliphatic heterocycles. The van der Waals surface area contributed by atoms with E-state index in [2.05, 4.69) is 16.0 Å². The van der Waals surface area contributed by atoms with Gasteiger partial charge >= 0.3 is 12.0 Å². The fourth-order valence-electron chi connectivity index (χ4n) is 3.36. The molecule has 160 valence electrons. The molecule has 0 atom stereocenters. The van der Waals surface area contributed by atoms with Gasteiger partial charge in [-0.05, 0) is 35.0 Å². The predicted molar refractivity (Wildman–Crippen MR) is 115 cm³/mol. The number of imide groups is 1. The first kappa shape index (κ1) is 20.8. The molecule has 1 saturated heterocycles. The molecular formula is C24H18N2O6. The summed E-state index contributed by atoms with van der Waals surface area (Å²) in [7, 11) is 1.23. The van der Waals surface area contributed by atoms with Crippen LogP contribution < -0.4 is 10.1 Å². The van der Waals surface area contributed by atoms with Crippen LogP contribution in [0.3, 0.4) is 0 Å². The number of fused-ring (bicyclic) bond motifs is 1. The van der Waals surface area contributed by atoms with Crippen LogP contribution in [0.4, 0.5) is 4.79 Å². The van der Waals surface area contributed by atoms with Crippen LogP contribution in [-0.2, 0) is 16.1 Å². The monoisotopic (exact) mass is 430 g/mol. The summed E-state index contributed by atoms with van der Waals surface area (Å²) in [5.41, 5.74) is 0.700. The number of urea groups is 1. The molecule has 8 nitrogen and oxygen atoms in total. The van der Waals surface area contributed by atoms with E-state index in [1.807, 2.05) is 30.3 Å². The normalized spacial score (nSPS) is 14.5. The van der Waals surface area contributed by atoms with E-state index >= 15 is 0 Å². The van der Waals surface area contributed by atoms with E-state index in [9.17, 15) is 14.4 Å². The summed E-state index contributed by atoms with van der Waals surface area (Å²) in [5.74, 6) is 1.96. The second kappa shape index (κ2) is 8.70. The summed E-state index contributed by atoms with van der Waals surface area (Å²) >= 11 is 0. The number of rotatable bonds is 6. The van der Waals surface area contributed by atoms with Crippen molar-refractivity contribution in [3.63, 3.8) is 0 Å². The third kappa shape index (κ3) is 3.91.